The standard InChI is InChI=1S/C19H23N3O3S/c23-19(21-15-17-5-4-10-20-14-17)13-16-6-8-18(9-7-16)26(24,25)22-11-2-1-3-12-22/h4-10,14H,1-3,11-13,15H2,(H,21,23). The van der Waals surface area contributed by atoms with Crippen LogP contribution in [-0.4, -0.2) is 36.7 Å². The predicted octanol–water partition coefficient (Wildman–Crippen LogP) is 2.12. The highest BCUT2D eigenvalue weighted by atomic mass is 32.2. The quantitative estimate of drug-likeness (QED) is 0.841. The van der Waals surface area contributed by atoms with E-state index in [1.165, 1.54) is 0 Å². The molecule has 2 aromatic rings. The predicted molar refractivity (Wildman–Crippen MR) is 98.8 cm³/mol. The van der Waals surface area contributed by atoms with Crippen LogP contribution in [0.1, 0.15) is 30.4 Å². The van der Waals surface area contributed by atoms with Crippen molar-refractivity contribution in [2.75, 3.05) is 13.1 Å². The Morgan fingerprint density at radius 3 is 2.42 bits per heavy atom. The fourth-order valence-corrected chi connectivity index (χ4v) is 4.50. The Morgan fingerprint density at radius 1 is 1.04 bits per heavy atom. The highest BCUT2D eigenvalue weighted by molar-refractivity contribution is 7.89. The van der Waals surface area contributed by atoms with Crippen LogP contribution in [0.4, 0.5) is 0 Å². The van der Waals surface area contributed by atoms with E-state index in [-0.39, 0.29) is 12.3 Å². The lowest BCUT2D eigenvalue weighted by Crippen LogP contribution is -2.35. The van der Waals surface area contributed by atoms with Gasteiger partial charge in [0.15, 0.2) is 0 Å². The van der Waals surface area contributed by atoms with E-state index in [1.54, 1.807) is 41.0 Å². The van der Waals surface area contributed by atoms with E-state index in [0.717, 1.165) is 30.4 Å². The fourth-order valence-electron chi connectivity index (χ4n) is 2.98. The molecule has 1 aromatic heterocycles. The molecule has 1 aliphatic rings. The molecule has 0 aliphatic carbocycles. The van der Waals surface area contributed by atoms with E-state index in [2.05, 4.69) is 10.3 Å². The van der Waals surface area contributed by atoms with Gasteiger partial charge in [-0.2, -0.15) is 4.31 Å². The van der Waals surface area contributed by atoms with Crippen molar-refractivity contribution in [3.8, 4) is 0 Å². The maximum absolute atomic E-state index is 12.6. The summed E-state index contributed by atoms with van der Waals surface area (Å²) in [7, 11) is -3.43. The van der Waals surface area contributed by atoms with Gasteiger partial charge in [-0.05, 0) is 42.2 Å². The Labute approximate surface area is 154 Å². The number of aromatic nitrogens is 1. The summed E-state index contributed by atoms with van der Waals surface area (Å²) < 4.78 is 26.8. The molecule has 0 saturated carbocycles. The Morgan fingerprint density at radius 2 is 1.77 bits per heavy atom. The number of pyridine rings is 1. The first-order chi connectivity index (χ1) is 12.6. The van der Waals surface area contributed by atoms with E-state index in [4.69, 9.17) is 0 Å². The van der Waals surface area contributed by atoms with Gasteiger partial charge in [0.25, 0.3) is 0 Å². The number of hydrogen-bond donors (Lipinski definition) is 1. The summed E-state index contributed by atoms with van der Waals surface area (Å²) in [5.74, 6) is -0.111. The minimum Gasteiger partial charge on any atom is -0.352 e. The number of hydrogen-bond acceptors (Lipinski definition) is 4. The summed E-state index contributed by atoms with van der Waals surface area (Å²) in [5.41, 5.74) is 1.72. The minimum atomic E-state index is -3.43. The molecule has 1 amide bonds. The zero-order chi connectivity index (χ0) is 18.4. The van der Waals surface area contributed by atoms with Crippen molar-refractivity contribution in [2.24, 2.45) is 0 Å². The summed E-state index contributed by atoms with van der Waals surface area (Å²) in [4.78, 5) is 16.4. The van der Waals surface area contributed by atoms with Crippen molar-refractivity contribution in [2.45, 2.75) is 37.1 Å². The molecule has 1 aromatic carbocycles. The SMILES string of the molecule is O=C(Cc1ccc(S(=O)(=O)N2CCCCC2)cc1)NCc1cccnc1. The van der Waals surface area contributed by atoms with Gasteiger partial charge in [0.05, 0.1) is 11.3 Å². The maximum Gasteiger partial charge on any atom is 0.243 e. The largest absolute Gasteiger partial charge is 0.352 e. The zero-order valence-corrected chi connectivity index (χ0v) is 15.4. The molecule has 138 valence electrons. The summed E-state index contributed by atoms with van der Waals surface area (Å²) in [6, 6.07) is 10.3. The molecule has 0 unspecified atom stereocenters. The van der Waals surface area contributed by atoms with Crippen LogP contribution in [0.15, 0.2) is 53.7 Å². The summed E-state index contributed by atoms with van der Waals surface area (Å²) in [5, 5.41) is 2.84. The second-order valence-electron chi connectivity index (χ2n) is 6.42. The average Bonchev–Trinajstić information content (AvgIpc) is 2.68. The van der Waals surface area contributed by atoms with Crippen LogP contribution in [0.2, 0.25) is 0 Å². The first-order valence-electron chi connectivity index (χ1n) is 8.80. The number of amides is 1. The van der Waals surface area contributed by atoms with Gasteiger partial charge in [0, 0.05) is 32.0 Å². The molecule has 2 heterocycles. The normalized spacial score (nSPS) is 15.5. The number of piperidine rings is 1. The topological polar surface area (TPSA) is 79.4 Å². The molecule has 1 aliphatic heterocycles. The number of carbonyl (C=O) groups is 1. The third-order valence-corrected chi connectivity index (χ3v) is 6.37. The third kappa shape index (κ3) is 4.68. The van der Waals surface area contributed by atoms with E-state index >= 15 is 0 Å². The molecule has 1 saturated heterocycles. The van der Waals surface area contributed by atoms with E-state index in [0.29, 0.717) is 24.5 Å². The van der Waals surface area contributed by atoms with Crippen molar-refractivity contribution in [3.63, 3.8) is 0 Å². The molecule has 6 nitrogen and oxygen atoms in total. The van der Waals surface area contributed by atoms with Gasteiger partial charge in [0.2, 0.25) is 15.9 Å². The molecule has 0 bridgehead atoms. The molecule has 3 rings (SSSR count). The minimum absolute atomic E-state index is 0.111. The Hall–Kier alpha value is -2.25. The van der Waals surface area contributed by atoms with Crippen LogP contribution in [0.25, 0.3) is 0 Å². The molecule has 0 radical (unpaired) electrons. The Kier molecular flexibility index (Phi) is 6.00. The lowest BCUT2D eigenvalue weighted by atomic mass is 10.1. The molecular formula is C19H23N3O3S. The van der Waals surface area contributed by atoms with E-state index in [1.807, 2.05) is 12.1 Å². The number of nitrogens with zero attached hydrogens (tertiary/aromatic N) is 2. The number of rotatable bonds is 6. The second-order valence-corrected chi connectivity index (χ2v) is 8.36. The molecular weight excluding hydrogens is 350 g/mol. The molecule has 1 N–H and O–H groups in total. The van der Waals surface area contributed by atoms with Crippen LogP contribution in [0.3, 0.4) is 0 Å². The van der Waals surface area contributed by atoms with Crippen LogP contribution in [0, 0.1) is 0 Å². The molecule has 0 spiro atoms. The monoisotopic (exact) mass is 373 g/mol. The van der Waals surface area contributed by atoms with Gasteiger partial charge in [-0.3, -0.25) is 9.78 Å². The van der Waals surface area contributed by atoms with Gasteiger partial charge in [-0.15, -0.1) is 0 Å². The van der Waals surface area contributed by atoms with Crippen LogP contribution >= 0.6 is 0 Å². The maximum atomic E-state index is 12.6. The lowest BCUT2D eigenvalue weighted by molar-refractivity contribution is -0.120. The van der Waals surface area contributed by atoms with Crippen molar-refractivity contribution >= 4 is 15.9 Å². The Balaban J connectivity index is 1.58. The van der Waals surface area contributed by atoms with Crippen molar-refractivity contribution in [3.05, 3.63) is 59.9 Å². The van der Waals surface area contributed by atoms with Crippen LogP contribution in [-0.2, 0) is 27.8 Å². The van der Waals surface area contributed by atoms with Gasteiger partial charge in [-0.25, -0.2) is 8.42 Å². The second kappa shape index (κ2) is 8.42. The van der Waals surface area contributed by atoms with Gasteiger partial charge < -0.3 is 5.32 Å². The highest BCUT2D eigenvalue weighted by Gasteiger charge is 2.25. The number of sulfonamides is 1. The number of benzene rings is 1. The zero-order valence-electron chi connectivity index (χ0n) is 14.6. The molecule has 7 heteroatoms. The summed E-state index contributed by atoms with van der Waals surface area (Å²) in [6.45, 7) is 1.59. The summed E-state index contributed by atoms with van der Waals surface area (Å²) in [6.07, 6.45) is 6.51. The van der Waals surface area contributed by atoms with Crippen molar-refractivity contribution < 1.29 is 13.2 Å². The van der Waals surface area contributed by atoms with E-state index < -0.39 is 10.0 Å². The molecule has 0 atom stereocenters. The summed E-state index contributed by atoms with van der Waals surface area (Å²) >= 11 is 0. The van der Waals surface area contributed by atoms with Gasteiger partial charge in [-0.1, -0.05) is 24.6 Å². The first kappa shape index (κ1) is 18.5. The van der Waals surface area contributed by atoms with Crippen LogP contribution in [0.5, 0.6) is 0 Å². The van der Waals surface area contributed by atoms with E-state index in [9.17, 15) is 13.2 Å². The first-order valence-corrected chi connectivity index (χ1v) is 10.2. The smallest absolute Gasteiger partial charge is 0.243 e. The molecule has 1 fully saturated rings. The van der Waals surface area contributed by atoms with Gasteiger partial charge in [0.1, 0.15) is 0 Å². The van der Waals surface area contributed by atoms with Crippen LogP contribution < -0.4 is 5.32 Å². The lowest BCUT2D eigenvalue weighted by Gasteiger charge is -2.25. The number of carbonyl (C=O) groups excluding carboxylic acids is 1. The average molecular weight is 373 g/mol. The van der Waals surface area contributed by atoms with Crippen molar-refractivity contribution in [1.29, 1.82) is 0 Å². The highest BCUT2D eigenvalue weighted by Crippen LogP contribution is 2.21. The third-order valence-electron chi connectivity index (χ3n) is 4.45. The Bertz CT molecular complexity index is 830. The molecule has 26 heavy (non-hydrogen) atoms. The number of nitrogens with one attached hydrogen (secondary N) is 1. The van der Waals surface area contributed by atoms with Gasteiger partial charge >= 0.3 is 0 Å². The van der Waals surface area contributed by atoms with Crippen molar-refractivity contribution in [1.82, 2.24) is 14.6 Å². The fraction of sp³-hybridized carbons (Fsp3) is 0.368.